The summed E-state index contributed by atoms with van der Waals surface area (Å²) in [6.45, 7) is 3.94. The van der Waals surface area contributed by atoms with Crippen LogP contribution in [0.5, 0.6) is 5.75 Å². The number of anilines is 1. The molecule has 0 unspecified atom stereocenters. The molecule has 21 heavy (non-hydrogen) atoms. The van der Waals surface area contributed by atoms with Crippen molar-refractivity contribution in [3.8, 4) is 5.75 Å². The van der Waals surface area contributed by atoms with Crippen molar-refractivity contribution in [2.24, 2.45) is 0 Å². The molecule has 0 saturated heterocycles. The molecule has 0 fully saturated rings. The van der Waals surface area contributed by atoms with Crippen LogP contribution in [0.15, 0.2) is 45.3 Å². The first-order chi connectivity index (χ1) is 9.95. The second-order valence-corrected chi connectivity index (χ2v) is 6.51. The Balaban J connectivity index is 1.99. The van der Waals surface area contributed by atoms with Gasteiger partial charge in [-0.15, -0.1) is 0 Å². The van der Waals surface area contributed by atoms with E-state index in [0.717, 1.165) is 25.8 Å². The minimum absolute atomic E-state index is 0.0327. The number of hydrogen-bond donors (Lipinski definition) is 1. The number of halogens is 2. The molecule has 0 aromatic heterocycles. The van der Waals surface area contributed by atoms with Gasteiger partial charge in [-0.25, -0.2) is 0 Å². The Morgan fingerprint density at radius 3 is 2.62 bits per heavy atom. The normalized spacial score (nSPS) is 10.3. The van der Waals surface area contributed by atoms with Gasteiger partial charge in [-0.1, -0.05) is 28.1 Å². The van der Waals surface area contributed by atoms with E-state index >= 15 is 0 Å². The van der Waals surface area contributed by atoms with Gasteiger partial charge < -0.3 is 10.1 Å². The van der Waals surface area contributed by atoms with E-state index in [1.165, 1.54) is 0 Å². The molecule has 2 aromatic rings. The first kappa shape index (κ1) is 16.0. The summed E-state index contributed by atoms with van der Waals surface area (Å²) in [6.07, 6.45) is 0. The maximum absolute atomic E-state index is 11.9. The lowest BCUT2D eigenvalue weighted by molar-refractivity contribution is -0.118. The topological polar surface area (TPSA) is 38.3 Å². The molecule has 0 saturated carbocycles. The minimum atomic E-state index is -0.194. The lowest BCUT2D eigenvalue weighted by atomic mass is 10.1. The van der Waals surface area contributed by atoms with Gasteiger partial charge in [-0.2, -0.15) is 0 Å². The fraction of sp³-hybridized carbons (Fsp3) is 0.188. The van der Waals surface area contributed by atoms with Gasteiger partial charge in [-0.3, -0.25) is 4.79 Å². The number of aryl methyl sites for hydroxylation is 2. The van der Waals surface area contributed by atoms with Crippen LogP contribution in [0.25, 0.3) is 0 Å². The summed E-state index contributed by atoms with van der Waals surface area (Å²) in [5.74, 6) is 0.505. The second kappa shape index (κ2) is 7.09. The number of benzene rings is 2. The smallest absolute Gasteiger partial charge is 0.262 e. The van der Waals surface area contributed by atoms with Crippen molar-refractivity contribution in [3.05, 3.63) is 56.5 Å². The molecule has 3 nitrogen and oxygen atoms in total. The Morgan fingerprint density at radius 1 is 1.19 bits per heavy atom. The molecule has 0 aliphatic rings. The van der Waals surface area contributed by atoms with Crippen LogP contribution < -0.4 is 10.1 Å². The van der Waals surface area contributed by atoms with Gasteiger partial charge in [-0.05, 0) is 65.2 Å². The van der Waals surface area contributed by atoms with Gasteiger partial charge in [0, 0.05) is 10.2 Å². The molecule has 2 aromatic carbocycles. The highest BCUT2D eigenvalue weighted by molar-refractivity contribution is 9.10. The van der Waals surface area contributed by atoms with E-state index in [9.17, 15) is 4.79 Å². The molecule has 0 spiro atoms. The first-order valence-electron chi connectivity index (χ1n) is 6.40. The van der Waals surface area contributed by atoms with Crippen molar-refractivity contribution in [2.75, 3.05) is 11.9 Å². The third-order valence-corrected chi connectivity index (χ3v) is 3.91. The van der Waals surface area contributed by atoms with E-state index in [1.54, 1.807) is 0 Å². The van der Waals surface area contributed by atoms with Crippen molar-refractivity contribution >= 4 is 43.5 Å². The molecule has 2 rings (SSSR count). The predicted octanol–water partition coefficient (Wildman–Crippen LogP) is 4.85. The number of rotatable bonds is 4. The number of amides is 1. The van der Waals surface area contributed by atoms with Crippen molar-refractivity contribution < 1.29 is 9.53 Å². The molecule has 110 valence electrons. The third-order valence-electron chi connectivity index (χ3n) is 2.83. The van der Waals surface area contributed by atoms with Crippen LogP contribution in [0.4, 0.5) is 5.69 Å². The predicted molar refractivity (Wildman–Crippen MR) is 91.9 cm³/mol. The van der Waals surface area contributed by atoms with Crippen LogP contribution in [0, 0.1) is 13.8 Å². The fourth-order valence-electron chi connectivity index (χ4n) is 1.99. The average molecular weight is 413 g/mol. The molecule has 0 bridgehead atoms. The number of hydrogen-bond acceptors (Lipinski definition) is 2. The van der Waals surface area contributed by atoms with Gasteiger partial charge in [0.15, 0.2) is 6.61 Å². The molecule has 1 amide bonds. The number of carbonyl (C=O) groups excluding carboxylic acids is 1. The molecular weight excluding hydrogens is 398 g/mol. The summed E-state index contributed by atoms with van der Waals surface area (Å²) in [5, 5.41) is 2.79. The van der Waals surface area contributed by atoms with E-state index in [-0.39, 0.29) is 12.5 Å². The third kappa shape index (κ3) is 4.58. The number of nitrogens with one attached hydrogen (secondary N) is 1. The lowest BCUT2D eigenvalue weighted by Gasteiger charge is -2.12. The molecule has 1 N–H and O–H groups in total. The largest absolute Gasteiger partial charge is 0.482 e. The molecule has 0 radical (unpaired) electrons. The zero-order valence-electron chi connectivity index (χ0n) is 11.7. The van der Waals surface area contributed by atoms with Crippen molar-refractivity contribution in [2.45, 2.75) is 13.8 Å². The molecule has 0 aliphatic carbocycles. The van der Waals surface area contributed by atoms with E-state index in [4.69, 9.17) is 4.74 Å². The Hall–Kier alpha value is -1.33. The fourth-order valence-corrected chi connectivity index (χ4v) is 3.17. The first-order valence-corrected chi connectivity index (χ1v) is 7.99. The summed E-state index contributed by atoms with van der Waals surface area (Å²) >= 11 is 6.83. The van der Waals surface area contributed by atoms with E-state index in [1.807, 2.05) is 50.2 Å². The minimum Gasteiger partial charge on any atom is -0.482 e. The van der Waals surface area contributed by atoms with Crippen LogP contribution >= 0.6 is 31.9 Å². The highest BCUT2D eigenvalue weighted by atomic mass is 79.9. The molecule has 0 atom stereocenters. The highest BCUT2D eigenvalue weighted by Gasteiger charge is 2.09. The van der Waals surface area contributed by atoms with E-state index in [2.05, 4.69) is 37.2 Å². The zero-order valence-corrected chi connectivity index (χ0v) is 14.9. The van der Waals surface area contributed by atoms with Gasteiger partial charge >= 0.3 is 0 Å². The van der Waals surface area contributed by atoms with E-state index < -0.39 is 0 Å². The second-order valence-electron chi connectivity index (χ2n) is 4.74. The Bertz CT molecular complexity index is 648. The SMILES string of the molecule is Cc1cc(C)c(OCC(=O)Nc2cccc(Br)c2)c(Br)c1. The summed E-state index contributed by atoms with van der Waals surface area (Å²) in [5.41, 5.74) is 2.88. The van der Waals surface area contributed by atoms with Gasteiger partial charge in [0.2, 0.25) is 0 Å². The Morgan fingerprint density at radius 2 is 1.95 bits per heavy atom. The van der Waals surface area contributed by atoms with Crippen molar-refractivity contribution in [3.63, 3.8) is 0 Å². The Kier molecular flexibility index (Phi) is 5.42. The van der Waals surface area contributed by atoms with Gasteiger partial charge in [0.05, 0.1) is 4.47 Å². The molecule has 5 heteroatoms. The summed E-state index contributed by atoms with van der Waals surface area (Å²) in [7, 11) is 0. The van der Waals surface area contributed by atoms with E-state index in [0.29, 0.717) is 5.75 Å². The monoisotopic (exact) mass is 411 g/mol. The van der Waals surface area contributed by atoms with Crippen molar-refractivity contribution in [1.29, 1.82) is 0 Å². The van der Waals surface area contributed by atoms with Gasteiger partial charge in [0.1, 0.15) is 5.75 Å². The summed E-state index contributed by atoms with van der Waals surface area (Å²) in [6, 6.07) is 11.4. The standard InChI is InChI=1S/C16H15Br2NO2/c1-10-6-11(2)16(14(18)7-10)21-9-15(20)19-13-5-3-4-12(17)8-13/h3-8H,9H2,1-2H3,(H,19,20). The summed E-state index contributed by atoms with van der Waals surface area (Å²) < 4.78 is 7.39. The van der Waals surface area contributed by atoms with Crippen LogP contribution in [0.3, 0.4) is 0 Å². The average Bonchev–Trinajstić information content (AvgIpc) is 2.37. The van der Waals surface area contributed by atoms with Crippen LogP contribution in [0.1, 0.15) is 11.1 Å². The maximum atomic E-state index is 11.9. The zero-order chi connectivity index (χ0) is 15.4. The molecule has 0 aliphatic heterocycles. The van der Waals surface area contributed by atoms with Gasteiger partial charge in [0.25, 0.3) is 5.91 Å². The van der Waals surface area contributed by atoms with Crippen molar-refractivity contribution in [1.82, 2.24) is 0 Å². The maximum Gasteiger partial charge on any atom is 0.262 e. The Labute approximate surface area is 141 Å². The number of carbonyl (C=O) groups is 1. The molecular formula is C16H15Br2NO2. The quantitative estimate of drug-likeness (QED) is 0.779. The van der Waals surface area contributed by atoms with Crippen LogP contribution in [-0.4, -0.2) is 12.5 Å². The lowest BCUT2D eigenvalue weighted by Crippen LogP contribution is -2.20. The molecule has 0 heterocycles. The van der Waals surface area contributed by atoms with Crippen LogP contribution in [-0.2, 0) is 4.79 Å². The number of ether oxygens (including phenoxy) is 1. The highest BCUT2D eigenvalue weighted by Crippen LogP contribution is 2.30. The van der Waals surface area contributed by atoms with Crippen LogP contribution in [0.2, 0.25) is 0 Å². The summed E-state index contributed by atoms with van der Waals surface area (Å²) in [4.78, 5) is 11.9.